The van der Waals surface area contributed by atoms with Gasteiger partial charge in [-0.1, -0.05) is 6.07 Å². The molecule has 0 bridgehead atoms. The Bertz CT molecular complexity index is 1530. The molecular weight excluding hydrogens is 480 g/mol. The lowest BCUT2D eigenvalue weighted by Crippen LogP contribution is -2.39. The smallest absolute Gasteiger partial charge is 0.262 e. The molecule has 1 aliphatic heterocycles. The molecule has 2 fully saturated rings. The molecule has 0 aromatic carbocycles. The number of pyridine rings is 1. The second-order valence-corrected chi connectivity index (χ2v) is 11.6. The number of nitrogens with one attached hydrogen (secondary N) is 1. The third-order valence-corrected chi connectivity index (χ3v) is 9.18. The first-order valence-corrected chi connectivity index (χ1v) is 13.5. The third kappa shape index (κ3) is 4.16. The van der Waals surface area contributed by atoms with E-state index in [0.717, 1.165) is 24.1 Å². The first-order valence-electron chi connectivity index (χ1n) is 12.0. The van der Waals surface area contributed by atoms with E-state index in [1.54, 1.807) is 38.2 Å². The van der Waals surface area contributed by atoms with E-state index in [1.807, 2.05) is 25.1 Å². The highest BCUT2D eigenvalue weighted by Crippen LogP contribution is 2.36. The first-order chi connectivity index (χ1) is 17.4. The van der Waals surface area contributed by atoms with Gasteiger partial charge in [0.1, 0.15) is 11.4 Å². The average Bonchev–Trinajstić information content (AvgIpc) is 3.55. The van der Waals surface area contributed by atoms with Gasteiger partial charge in [-0.05, 0) is 50.3 Å². The molecule has 0 radical (unpaired) electrons. The van der Waals surface area contributed by atoms with E-state index in [4.69, 9.17) is 5.10 Å². The zero-order chi connectivity index (χ0) is 24.9. The topological polar surface area (TPSA) is 127 Å². The van der Waals surface area contributed by atoms with Crippen LogP contribution >= 0.6 is 0 Å². The number of rotatable bonds is 6. The van der Waals surface area contributed by atoms with E-state index in [2.05, 4.69) is 20.4 Å². The van der Waals surface area contributed by atoms with Gasteiger partial charge in [0, 0.05) is 43.7 Å². The van der Waals surface area contributed by atoms with Gasteiger partial charge in [0.2, 0.25) is 10.0 Å². The second-order valence-electron chi connectivity index (χ2n) is 9.38. The molecule has 36 heavy (non-hydrogen) atoms. The Labute approximate surface area is 208 Å². The van der Waals surface area contributed by atoms with Crippen molar-refractivity contribution in [3.63, 3.8) is 0 Å². The Morgan fingerprint density at radius 3 is 2.61 bits per heavy atom. The van der Waals surface area contributed by atoms with Crippen LogP contribution < -0.4 is 5.32 Å². The number of amides is 1. The molecule has 4 aromatic heterocycles. The summed E-state index contributed by atoms with van der Waals surface area (Å²) in [4.78, 5) is 22.0. The van der Waals surface area contributed by atoms with Crippen LogP contribution in [0.1, 0.15) is 53.2 Å². The number of fused-ring (bicyclic) bond motifs is 1. The molecule has 4 aromatic rings. The Morgan fingerprint density at radius 1 is 1.08 bits per heavy atom. The van der Waals surface area contributed by atoms with Gasteiger partial charge in [0.15, 0.2) is 11.5 Å². The van der Waals surface area contributed by atoms with Crippen LogP contribution in [-0.4, -0.2) is 66.3 Å². The lowest BCUT2D eigenvalue weighted by molar-refractivity contribution is 0.102. The molecule has 1 saturated heterocycles. The summed E-state index contributed by atoms with van der Waals surface area (Å²) < 4.78 is 30.0. The molecule has 1 aliphatic carbocycles. The standard InChI is InChI=1S/C24H26N8O3S/c1-16-3-6-21(26-14-16)32-22(28-24(33)19-15-27-31-10-2-9-25-23(19)31)13-20(29-32)17-7-11-30(12-8-17)36(34,35)18-4-5-18/h2-3,6,9-10,13-15,17-18H,4-5,7-8,11-12H2,1H3,(H,28,33). The van der Waals surface area contributed by atoms with Crippen LogP contribution in [0.4, 0.5) is 5.82 Å². The van der Waals surface area contributed by atoms with Crippen LogP contribution in [-0.2, 0) is 10.0 Å². The monoisotopic (exact) mass is 506 g/mol. The minimum atomic E-state index is -3.18. The lowest BCUT2D eigenvalue weighted by Gasteiger charge is -2.30. The maximum Gasteiger partial charge on any atom is 0.262 e. The van der Waals surface area contributed by atoms with Crippen LogP contribution in [0.2, 0.25) is 0 Å². The highest BCUT2D eigenvalue weighted by molar-refractivity contribution is 7.90. The molecule has 11 nitrogen and oxygen atoms in total. The van der Waals surface area contributed by atoms with Crippen molar-refractivity contribution in [1.29, 1.82) is 0 Å². The lowest BCUT2D eigenvalue weighted by atomic mass is 9.95. The van der Waals surface area contributed by atoms with Crippen LogP contribution in [0.15, 0.2) is 49.1 Å². The van der Waals surface area contributed by atoms with Crippen molar-refractivity contribution < 1.29 is 13.2 Å². The fourth-order valence-corrected chi connectivity index (χ4v) is 6.47. The highest BCUT2D eigenvalue weighted by atomic mass is 32.2. The molecule has 6 rings (SSSR count). The molecular formula is C24H26N8O3S. The van der Waals surface area contributed by atoms with Crippen molar-refractivity contribution in [3.05, 3.63) is 65.9 Å². The zero-order valence-corrected chi connectivity index (χ0v) is 20.6. The number of nitrogens with zero attached hydrogens (tertiary/aromatic N) is 7. The number of sulfonamides is 1. The van der Waals surface area contributed by atoms with E-state index in [0.29, 0.717) is 48.8 Å². The molecule has 0 atom stereocenters. The number of piperidine rings is 1. The number of carbonyl (C=O) groups excluding carboxylic acids is 1. The van der Waals surface area contributed by atoms with Crippen molar-refractivity contribution in [2.24, 2.45) is 0 Å². The van der Waals surface area contributed by atoms with E-state index < -0.39 is 10.0 Å². The zero-order valence-electron chi connectivity index (χ0n) is 19.8. The number of hydrogen-bond donors (Lipinski definition) is 1. The highest BCUT2D eigenvalue weighted by Gasteiger charge is 2.41. The normalized spacial score (nSPS) is 17.5. The minimum absolute atomic E-state index is 0.0802. The summed E-state index contributed by atoms with van der Waals surface area (Å²) in [6.07, 6.45) is 9.46. The summed E-state index contributed by atoms with van der Waals surface area (Å²) in [5.41, 5.74) is 2.62. The predicted octanol–water partition coefficient (Wildman–Crippen LogP) is 2.54. The predicted molar refractivity (Wildman–Crippen MR) is 133 cm³/mol. The summed E-state index contributed by atoms with van der Waals surface area (Å²) >= 11 is 0. The largest absolute Gasteiger partial charge is 0.306 e. The Kier molecular flexibility index (Phi) is 5.56. The number of aromatic nitrogens is 6. The molecule has 186 valence electrons. The van der Waals surface area contributed by atoms with E-state index in [9.17, 15) is 13.2 Å². The van der Waals surface area contributed by atoms with Gasteiger partial charge in [0.05, 0.1) is 17.1 Å². The second kappa shape index (κ2) is 8.79. The van der Waals surface area contributed by atoms with Crippen LogP contribution in [0.3, 0.4) is 0 Å². The summed E-state index contributed by atoms with van der Waals surface area (Å²) in [6.45, 7) is 2.92. The quantitative estimate of drug-likeness (QED) is 0.426. The van der Waals surface area contributed by atoms with Gasteiger partial charge in [-0.25, -0.2) is 27.2 Å². The third-order valence-electron chi connectivity index (χ3n) is 6.78. The van der Waals surface area contributed by atoms with Crippen LogP contribution in [0, 0.1) is 6.92 Å². The van der Waals surface area contributed by atoms with Gasteiger partial charge in [-0.3, -0.25) is 4.79 Å². The van der Waals surface area contributed by atoms with Crippen molar-refractivity contribution in [2.75, 3.05) is 18.4 Å². The van der Waals surface area contributed by atoms with Gasteiger partial charge in [-0.2, -0.15) is 14.9 Å². The molecule has 1 saturated carbocycles. The number of hydrogen-bond acceptors (Lipinski definition) is 7. The molecule has 12 heteroatoms. The Balaban J connectivity index is 1.28. The van der Waals surface area contributed by atoms with E-state index in [1.165, 1.54) is 6.20 Å². The number of anilines is 1. The maximum absolute atomic E-state index is 13.2. The minimum Gasteiger partial charge on any atom is -0.306 e. The van der Waals surface area contributed by atoms with Crippen molar-refractivity contribution in [2.45, 2.75) is 43.8 Å². The Hall–Kier alpha value is -3.64. The van der Waals surface area contributed by atoms with Crippen molar-refractivity contribution >= 4 is 27.4 Å². The average molecular weight is 507 g/mol. The summed E-state index contributed by atoms with van der Waals surface area (Å²) in [6, 6.07) is 7.39. The summed E-state index contributed by atoms with van der Waals surface area (Å²) in [7, 11) is -3.18. The summed E-state index contributed by atoms with van der Waals surface area (Å²) in [5, 5.41) is 11.8. The van der Waals surface area contributed by atoms with Crippen LogP contribution in [0.5, 0.6) is 0 Å². The van der Waals surface area contributed by atoms with Gasteiger partial charge >= 0.3 is 0 Å². The fraction of sp³-hybridized carbons (Fsp3) is 0.375. The number of carbonyl (C=O) groups is 1. The van der Waals surface area contributed by atoms with Crippen molar-refractivity contribution in [1.82, 2.24) is 33.7 Å². The molecule has 1 N–H and O–H groups in total. The molecule has 1 amide bonds. The molecule has 0 spiro atoms. The SMILES string of the molecule is Cc1ccc(-n2nc(C3CCN(S(=O)(=O)C4CC4)CC3)cc2NC(=O)c2cnn3cccnc23)nc1. The van der Waals surface area contributed by atoms with Crippen LogP contribution in [0.25, 0.3) is 11.5 Å². The van der Waals surface area contributed by atoms with E-state index >= 15 is 0 Å². The van der Waals surface area contributed by atoms with Gasteiger partial charge in [-0.15, -0.1) is 0 Å². The summed E-state index contributed by atoms with van der Waals surface area (Å²) in [5.74, 6) is 0.786. The molecule has 2 aliphatic rings. The van der Waals surface area contributed by atoms with Gasteiger partial charge in [0.25, 0.3) is 5.91 Å². The van der Waals surface area contributed by atoms with E-state index in [-0.39, 0.29) is 17.1 Å². The maximum atomic E-state index is 13.2. The molecule has 0 unspecified atom stereocenters. The Morgan fingerprint density at radius 2 is 1.89 bits per heavy atom. The van der Waals surface area contributed by atoms with Gasteiger partial charge < -0.3 is 5.32 Å². The van der Waals surface area contributed by atoms with Crippen molar-refractivity contribution in [3.8, 4) is 5.82 Å². The number of aryl methyl sites for hydroxylation is 1. The fourth-order valence-electron chi connectivity index (χ4n) is 4.60. The first kappa shape index (κ1) is 22.8. The molecule has 5 heterocycles.